The molecule has 1 aromatic heterocycles. The fourth-order valence-corrected chi connectivity index (χ4v) is 3.63. The lowest BCUT2D eigenvalue weighted by molar-refractivity contribution is 0.0517. The molecule has 6 nitrogen and oxygen atoms in total. The molecule has 0 saturated heterocycles. The Bertz CT molecular complexity index is 1050. The lowest BCUT2D eigenvalue weighted by Crippen LogP contribution is -2.32. The highest BCUT2D eigenvalue weighted by Gasteiger charge is 2.21. The number of ether oxygens (including phenoxy) is 1. The molecule has 0 radical (unpaired) electrons. The number of benzene rings is 2. The van der Waals surface area contributed by atoms with Crippen molar-refractivity contribution in [3.05, 3.63) is 81.6 Å². The van der Waals surface area contributed by atoms with Gasteiger partial charge >= 0.3 is 5.97 Å². The standard InChI is InChI=1S/C24H26BrN3O3/c1-4-31-24(30)22-21(25)17(3)28(27-22)20-14-12-19(13-15-20)23(29)26-16(2)10-11-18-8-6-5-7-9-18/h5-9,12-16H,4,10-11H2,1-3H3,(H,26,29)/t16-/m0/s1. The minimum absolute atomic E-state index is 0.0591. The van der Waals surface area contributed by atoms with Crippen molar-refractivity contribution in [3.8, 4) is 5.69 Å². The molecular weight excluding hydrogens is 458 g/mol. The predicted molar refractivity (Wildman–Crippen MR) is 124 cm³/mol. The molecule has 1 atom stereocenters. The summed E-state index contributed by atoms with van der Waals surface area (Å²) >= 11 is 3.42. The number of hydrogen-bond acceptors (Lipinski definition) is 4. The van der Waals surface area contributed by atoms with E-state index in [0.29, 0.717) is 10.0 Å². The van der Waals surface area contributed by atoms with Gasteiger partial charge < -0.3 is 10.1 Å². The van der Waals surface area contributed by atoms with Crippen LogP contribution in [0, 0.1) is 6.92 Å². The van der Waals surface area contributed by atoms with Gasteiger partial charge in [0, 0.05) is 11.6 Å². The van der Waals surface area contributed by atoms with Crippen LogP contribution in [0.25, 0.3) is 5.69 Å². The Morgan fingerprint density at radius 3 is 2.45 bits per heavy atom. The van der Waals surface area contributed by atoms with Gasteiger partial charge in [0.1, 0.15) is 0 Å². The summed E-state index contributed by atoms with van der Waals surface area (Å²) in [5.74, 6) is -0.589. The van der Waals surface area contributed by atoms with E-state index in [2.05, 4.69) is 38.5 Å². The van der Waals surface area contributed by atoms with Crippen molar-refractivity contribution >= 4 is 27.8 Å². The van der Waals surface area contributed by atoms with Gasteiger partial charge in [-0.3, -0.25) is 4.79 Å². The van der Waals surface area contributed by atoms with E-state index >= 15 is 0 Å². The summed E-state index contributed by atoms with van der Waals surface area (Å²) < 4.78 is 7.30. The van der Waals surface area contributed by atoms with Crippen molar-refractivity contribution in [2.45, 2.75) is 39.7 Å². The number of aromatic nitrogens is 2. The number of halogens is 1. The molecule has 0 spiro atoms. The number of aryl methyl sites for hydroxylation is 1. The number of rotatable bonds is 8. The molecule has 0 aliphatic carbocycles. The molecule has 0 aliphatic rings. The first kappa shape index (κ1) is 22.7. The van der Waals surface area contributed by atoms with Crippen LogP contribution in [0.4, 0.5) is 0 Å². The molecule has 0 fully saturated rings. The molecule has 2 aromatic carbocycles. The Hall–Kier alpha value is -2.93. The molecule has 1 heterocycles. The van der Waals surface area contributed by atoms with Gasteiger partial charge in [0.05, 0.1) is 22.5 Å². The highest BCUT2D eigenvalue weighted by Crippen LogP contribution is 2.24. The third kappa shape index (κ3) is 5.61. The summed E-state index contributed by atoms with van der Waals surface area (Å²) in [5, 5.41) is 7.42. The van der Waals surface area contributed by atoms with Crippen LogP contribution in [-0.2, 0) is 11.2 Å². The third-order valence-corrected chi connectivity index (χ3v) is 5.92. The molecule has 0 bridgehead atoms. The Morgan fingerprint density at radius 2 is 1.81 bits per heavy atom. The number of hydrogen-bond donors (Lipinski definition) is 1. The van der Waals surface area contributed by atoms with Crippen molar-refractivity contribution in [2.75, 3.05) is 6.61 Å². The number of amides is 1. The lowest BCUT2D eigenvalue weighted by Gasteiger charge is -2.14. The van der Waals surface area contributed by atoms with Gasteiger partial charge in [0.15, 0.2) is 5.69 Å². The number of nitrogens with one attached hydrogen (secondary N) is 1. The summed E-state index contributed by atoms with van der Waals surface area (Å²) in [4.78, 5) is 24.7. The molecule has 3 aromatic rings. The maximum absolute atomic E-state index is 12.6. The second-order valence-electron chi connectivity index (χ2n) is 7.33. The van der Waals surface area contributed by atoms with Crippen molar-refractivity contribution < 1.29 is 14.3 Å². The minimum Gasteiger partial charge on any atom is -0.461 e. The third-order valence-electron chi connectivity index (χ3n) is 4.97. The Balaban J connectivity index is 1.65. The number of carbonyl (C=O) groups is 2. The van der Waals surface area contributed by atoms with E-state index < -0.39 is 5.97 Å². The van der Waals surface area contributed by atoms with Crippen LogP contribution in [0.15, 0.2) is 59.1 Å². The second-order valence-corrected chi connectivity index (χ2v) is 8.12. The van der Waals surface area contributed by atoms with Crippen LogP contribution in [0.3, 0.4) is 0 Å². The van der Waals surface area contributed by atoms with Gasteiger partial charge in [-0.1, -0.05) is 30.3 Å². The molecular formula is C24H26BrN3O3. The quantitative estimate of drug-likeness (QED) is 0.463. The highest BCUT2D eigenvalue weighted by molar-refractivity contribution is 9.10. The molecule has 0 aliphatic heterocycles. The lowest BCUT2D eigenvalue weighted by atomic mass is 10.1. The summed E-state index contributed by atoms with van der Waals surface area (Å²) in [6, 6.07) is 17.4. The number of carbonyl (C=O) groups excluding carboxylic acids is 2. The van der Waals surface area contributed by atoms with Crippen LogP contribution < -0.4 is 5.32 Å². The van der Waals surface area contributed by atoms with Crippen molar-refractivity contribution in [2.24, 2.45) is 0 Å². The summed E-state index contributed by atoms with van der Waals surface area (Å²) in [6.07, 6.45) is 1.78. The maximum Gasteiger partial charge on any atom is 0.360 e. The van der Waals surface area contributed by atoms with Gasteiger partial charge in [-0.25, -0.2) is 9.48 Å². The zero-order valence-corrected chi connectivity index (χ0v) is 19.5. The summed E-state index contributed by atoms with van der Waals surface area (Å²) in [6.45, 7) is 5.90. The Kier molecular flexibility index (Phi) is 7.63. The average molecular weight is 484 g/mol. The van der Waals surface area contributed by atoms with E-state index in [9.17, 15) is 9.59 Å². The zero-order valence-electron chi connectivity index (χ0n) is 17.9. The van der Waals surface area contributed by atoms with E-state index in [1.165, 1.54) is 5.56 Å². The Morgan fingerprint density at radius 1 is 1.13 bits per heavy atom. The van der Waals surface area contributed by atoms with E-state index in [0.717, 1.165) is 24.2 Å². The van der Waals surface area contributed by atoms with E-state index in [1.54, 1.807) is 23.7 Å². The van der Waals surface area contributed by atoms with Gasteiger partial charge in [-0.15, -0.1) is 0 Å². The van der Waals surface area contributed by atoms with Crippen molar-refractivity contribution in [1.29, 1.82) is 0 Å². The summed E-state index contributed by atoms with van der Waals surface area (Å²) in [5.41, 5.74) is 3.59. The van der Waals surface area contributed by atoms with E-state index in [-0.39, 0.29) is 24.2 Å². The minimum atomic E-state index is -0.475. The number of esters is 1. The van der Waals surface area contributed by atoms with E-state index in [1.807, 2.05) is 44.2 Å². The summed E-state index contributed by atoms with van der Waals surface area (Å²) in [7, 11) is 0. The van der Waals surface area contributed by atoms with E-state index in [4.69, 9.17) is 4.74 Å². The first-order valence-corrected chi connectivity index (χ1v) is 11.1. The van der Waals surface area contributed by atoms with Crippen LogP contribution in [0.2, 0.25) is 0 Å². The zero-order chi connectivity index (χ0) is 22.4. The smallest absolute Gasteiger partial charge is 0.360 e. The predicted octanol–water partition coefficient (Wildman–Crippen LogP) is 4.87. The van der Waals surface area contributed by atoms with Crippen LogP contribution >= 0.6 is 15.9 Å². The van der Waals surface area contributed by atoms with Crippen molar-refractivity contribution in [1.82, 2.24) is 15.1 Å². The molecule has 31 heavy (non-hydrogen) atoms. The molecule has 1 N–H and O–H groups in total. The van der Waals surface area contributed by atoms with Gasteiger partial charge in [-0.2, -0.15) is 5.10 Å². The van der Waals surface area contributed by atoms with Gasteiger partial charge in [0.2, 0.25) is 0 Å². The highest BCUT2D eigenvalue weighted by atomic mass is 79.9. The fraction of sp³-hybridized carbons (Fsp3) is 0.292. The van der Waals surface area contributed by atoms with Crippen LogP contribution in [0.1, 0.15) is 52.4 Å². The van der Waals surface area contributed by atoms with Crippen molar-refractivity contribution in [3.63, 3.8) is 0 Å². The molecule has 162 valence electrons. The first-order valence-electron chi connectivity index (χ1n) is 10.3. The average Bonchev–Trinajstić information content (AvgIpc) is 3.08. The SMILES string of the molecule is CCOC(=O)c1nn(-c2ccc(C(=O)N[C@@H](C)CCc3ccccc3)cc2)c(C)c1Br. The molecule has 0 unspecified atom stereocenters. The molecule has 3 rings (SSSR count). The van der Waals surface area contributed by atoms with Crippen LogP contribution in [-0.4, -0.2) is 34.3 Å². The monoisotopic (exact) mass is 483 g/mol. The normalized spacial score (nSPS) is 11.7. The molecule has 1 amide bonds. The molecule has 0 saturated carbocycles. The largest absolute Gasteiger partial charge is 0.461 e. The van der Waals surface area contributed by atoms with Crippen LogP contribution in [0.5, 0.6) is 0 Å². The Labute approximate surface area is 190 Å². The van der Waals surface area contributed by atoms with Gasteiger partial charge in [0.25, 0.3) is 5.91 Å². The second kappa shape index (κ2) is 10.4. The maximum atomic E-state index is 12.6. The first-order chi connectivity index (χ1) is 14.9. The van der Waals surface area contributed by atoms with Gasteiger partial charge in [-0.05, 0) is 79.4 Å². The number of nitrogens with zero attached hydrogens (tertiary/aromatic N) is 2. The fourth-order valence-electron chi connectivity index (χ4n) is 3.23. The molecule has 7 heteroatoms. The topological polar surface area (TPSA) is 73.2 Å².